The topological polar surface area (TPSA) is 104 Å². The first-order valence-corrected chi connectivity index (χ1v) is 7.08. The van der Waals surface area contributed by atoms with Crippen LogP contribution in [0.2, 0.25) is 0 Å². The molecule has 0 fully saturated rings. The van der Waals surface area contributed by atoms with Crippen molar-refractivity contribution in [1.29, 1.82) is 0 Å². The van der Waals surface area contributed by atoms with Crippen LogP contribution in [0.25, 0.3) is 0 Å². The maximum Gasteiger partial charge on any atom is 0.357 e. The van der Waals surface area contributed by atoms with Crippen LogP contribution < -0.4 is 0 Å². The average molecular weight is 268 g/mol. The molecule has 1 unspecified atom stereocenters. The summed E-state index contributed by atoms with van der Waals surface area (Å²) in [6, 6.07) is 0. The molecule has 102 valence electrons. The number of rotatable bonds is 6. The van der Waals surface area contributed by atoms with Crippen LogP contribution in [0.15, 0.2) is 0 Å². The number of ether oxygens (including phenoxy) is 1. The molecule has 7 heteroatoms. The summed E-state index contributed by atoms with van der Waals surface area (Å²) in [7, 11) is -4.75. The molecule has 0 aliphatic carbocycles. The van der Waals surface area contributed by atoms with Gasteiger partial charge in [0, 0.05) is 0 Å². The highest BCUT2D eigenvalue weighted by Gasteiger charge is 2.43. The van der Waals surface area contributed by atoms with Gasteiger partial charge in [0.1, 0.15) is 5.60 Å². The lowest BCUT2D eigenvalue weighted by atomic mass is 10.00. The van der Waals surface area contributed by atoms with E-state index in [1.165, 1.54) is 0 Å². The average Bonchev–Trinajstić information content (AvgIpc) is 2.14. The monoisotopic (exact) mass is 268 g/mol. The molecule has 0 rings (SSSR count). The van der Waals surface area contributed by atoms with Gasteiger partial charge in [-0.25, -0.2) is 0 Å². The molecule has 0 saturated carbocycles. The van der Waals surface area contributed by atoms with Crippen molar-refractivity contribution in [3.8, 4) is 0 Å². The normalized spacial score (nSPS) is 16.4. The Morgan fingerprint density at radius 1 is 1.24 bits per heavy atom. The predicted octanol–water partition coefficient (Wildman–Crippen LogP) is 1.38. The van der Waals surface area contributed by atoms with Crippen LogP contribution in [0.1, 0.15) is 47.0 Å². The summed E-state index contributed by atoms with van der Waals surface area (Å²) in [5, 5.41) is 7.12. The van der Waals surface area contributed by atoms with Crippen molar-refractivity contribution in [2.45, 2.75) is 57.9 Å². The number of esters is 1. The van der Waals surface area contributed by atoms with E-state index in [1.807, 2.05) is 13.8 Å². The minimum absolute atomic E-state index is 0.591. The standard InChI is InChI=1S/C10H21O6P/c1-5-9(3,6-2)16-8(11)7-10(4,12)17(13,14)15/h12H,5-7H2,1-4H3,(H2,13,14,15). The summed E-state index contributed by atoms with van der Waals surface area (Å²) in [6.07, 6.45) is 0.452. The van der Waals surface area contributed by atoms with E-state index in [0.717, 1.165) is 6.92 Å². The molecule has 0 saturated heterocycles. The number of aliphatic hydroxyl groups is 1. The van der Waals surface area contributed by atoms with E-state index >= 15 is 0 Å². The highest BCUT2D eigenvalue weighted by molar-refractivity contribution is 7.53. The van der Waals surface area contributed by atoms with E-state index in [2.05, 4.69) is 0 Å². The van der Waals surface area contributed by atoms with Crippen molar-refractivity contribution in [3.05, 3.63) is 0 Å². The second-order valence-electron chi connectivity index (χ2n) is 4.57. The molecule has 0 spiro atoms. The summed E-state index contributed by atoms with van der Waals surface area (Å²) >= 11 is 0. The Kier molecular flexibility index (Phi) is 5.35. The molecule has 6 nitrogen and oxygen atoms in total. The Labute approximate surface area is 101 Å². The second-order valence-corrected chi connectivity index (χ2v) is 6.62. The van der Waals surface area contributed by atoms with Crippen LogP contribution in [-0.2, 0) is 14.1 Å². The van der Waals surface area contributed by atoms with Gasteiger partial charge < -0.3 is 19.6 Å². The summed E-state index contributed by atoms with van der Waals surface area (Å²) in [5.41, 5.74) is -0.665. The van der Waals surface area contributed by atoms with Gasteiger partial charge in [0.25, 0.3) is 0 Å². The Balaban J connectivity index is 4.63. The molecule has 0 amide bonds. The maximum absolute atomic E-state index is 11.5. The van der Waals surface area contributed by atoms with Gasteiger partial charge in [-0.05, 0) is 26.7 Å². The molecule has 0 aromatic heterocycles. The molecular weight excluding hydrogens is 247 g/mol. The van der Waals surface area contributed by atoms with E-state index in [4.69, 9.17) is 14.5 Å². The first kappa shape index (κ1) is 16.6. The van der Waals surface area contributed by atoms with Crippen molar-refractivity contribution in [1.82, 2.24) is 0 Å². The third-order valence-electron chi connectivity index (χ3n) is 2.96. The highest BCUT2D eigenvalue weighted by atomic mass is 31.2. The van der Waals surface area contributed by atoms with Crippen LogP contribution in [0.3, 0.4) is 0 Å². The Hall–Kier alpha value is -0.420. The van der Waals surface area contributed by atoms with Crippen molar-refractivity contribution < 1.29 is 29.0 Å². The molecule has 0 bridgehead atoms. The van der Waals surface area contributed by atoms with Crippen molar-refractivity contribution in [2.24, 2.45) is 0 Å². The Morgan fingerprint density at radius 3 is 1.94 bits per heavy atom. The number of hydrogen-bond acceptors (Lipinski definition) is 4. The largest absolute Gasteiger partial charge is 0.459 e. The van der Waals surface area contributed by atoms with Gasteiger partial charge in [-0.2, -0.15) is 0 Å². The zero-order chi connectivity index (χ0) is 13.9. The number of carbonyl (C=O) groups excluding carboxylic acids is 1. The number of hydrogen-bond donors (Lipinski definition) is 3. The molecule has 0 aromatic carbocycles. The molecule has 1 atom stereocenters. The smallest absolute Gasteiger partial charge is 0.357 e. The first-order chi connectivity index (χ1) is 7.47. The molecule has 0 aliphatic heterocycles. The van der Waals surface area contributed by atoms with Crippen LogP contribution in [0.5, 0.6) is 0 Å². The van der Waals surface area contributed by atoms with E-state index in [0.29, 0.717) is 12.8 Å². The summed E-state index contributed by atoms with van der Waals surface area (Å²) in [5.74, 6) is -0.815. The molecule has 0 aromatic rings. The van der Waals surface area contributed by atoms with E-state index in [-0.39, 0.29) is 0 Å². The zero-order valence-electron chi connectivity index (χ0n) is 10.6. The van der Waals surface area contributed by atoms with Gasteiger partial charge >= 0.3 is 13.6 Å². The van der Waals surface area contributed by atoms with Crippen molar-refractivity contribution in [2.75, 3.05) is 0 Å². The van der Waals surface area contributed by atoms with Gasteiger partial charge in [-0.1, -0.05) is 13.8 Å². The molecule has 0 heterocycles. The molecule has 0 aliphatic rings. The van der Waals surface area contributed by atoms with Crippen molar-refractivity contribution in [3.63, 3.8) is 0 Å². The van der Waals surface area contributed by atoms with Gasteiger partial charge in [0.15, 0.2) is 5.34 Å². The lowest BCUT2D eigenvalue weighted by molar-refractivity contribution is -0.162. The van der Waals surface area contributed by atoms with Gasteiger partial charge in [0.2, 0.25) is 0 Å². The fraction of sp³-hybridized carbons (Fsp3) is 0.900. The van der Waals surface area contributed by atoms with E-state index < -0.39 is 30.9 Å². The Morgan fingerprint density at radius 2 is 1.65 bits per heavy atom. The van der Waals surface area contributed by atoms with E-state index in [1.54, 1.807) is 6.92 Å². The van der Waals surface area contributed by atoms with E-state index in [9.17, 15) is 14.5 Å². The molecule has 3 N–H and O–H groups in total. The fourth-order valence-corrected chi connectivity index (χ4v) is 1.42. The minimum Gasteiger partial charge on any atom is -0.459 e. The number of carbonyl (C=O) groups is 1. The minimum atomic E-state index is -4.75. The van der Waals surface area contributed by atoms with Crippen LogP contribution in [0, 0.1) is 0 Å². The third kappa shape index (κ3) is 4.76. The maximum atomic E-state index is 11.5. The van der Waals surface area contributed by atoms with Crippen LogP contribution in [-0.4, -0.2) is 31.8 Å². The zero-order valence-corrected chi connectivity index (χ0v) is 11.5. The van der Waals surface area contributed by atoms with Gasteiger partial charge in [0.05, 0.1) is 6.42 Å². The summed E-state index contributed by atoms with van der Waals surface area (Å²) in [6.45, 7) is 6.34. The fourth-order valence-electron chi connectivity index (χ4n) is 1.08. The quantitative estimate of drug-likeness (QED) is 0.496. The molecular formula is C10H21O6P. The second kappa shape index (κ2) is 5.48. The van der Waals surface area contributed by atoms with Crippen molar-refractivity contribution >= 4 is 13.6 Å². The van der Waals surface area contributed by atoms with Crippen LogP contribution in [0.4, 0.5) is 0 Å². The molecule has 0 radical (unpaired) electrons. The summed E-state index contributed by atoms with van der Waals surface area (Å²) < 4.78 is 16.1. The Bertz CT molecular complexity index is 315. The van der Waals surface area contributed by atoms with Gasteiger partial charge in [-0.3, -0.25) is 9.36 Å². The predicted molar refractivity (Wildman–Crippen MR) is 62.4 cm³/mol. The highest BCUT2D eigenvalue weighted by Crippen LogP contribution is 2.50. The van der Waals surface area contributed by atoms with Gasteiger partial charge in [-0.15, -0.1) is 0 Å². The summed E-state index contributed by atoms with van der Waals surface area (Å²) in [4.78, 5) is 29.2. The first-order valence-electron chi connectivity index (χ1n) is 5.47. The lowest BCUT2D eigenvalue weighted by Crippen LogP contribution is -2.35. The molecule has 17 heavy (non-hydrogen) atoms. The lowest BCUT2D eigenvalue weighted by Gasteiger charge is -2.29. The third-order valence-corrected chi connectivity index (χ3v) is 4.38. The SMILES string of the molecule is CCC(C)(CC)OC(=O)CC(C)(O)P(=O)(O)O. The van der Waals surface area contributed by atoms with Crippen LogP contribution >= 0.6 is 7.60 Å².